The molecular formula is C31H35Cl2N7O2. The number of amides is 2. The smallest absolute Gasteiger partial charge is 0.240 e. The number of hydrogen-bond acceptors (Lipinski definition) is 6. The van der Waals surface area contributed by atoms with Crippen LogP contribution in [0, 0.1) is 0 Å². The van der Waals surface area contributed by atoms with Crippen LogP contribution in [0.5, 0.6) is 0 Å². The molecule has 0 radical (unpaired) electrons. The lowest BCUT2D eigenvalue weighted by molar-refractivity contribution is -0.127. The number of rotatable bonds is 14. The Balaban J connectivity index is 1.53. The molecule has 220 valence electrons. The van der Waals surface area contributed by atoms with Crippen LogP contribution < -0.4 is 11.1 Å². The van der Waals surface area contributed by atoms with Gasteiger partial charge in [-0.2, -0.15) is 5.10 Å². The number of nitrogens with zero attached hydrogens (tertiary/aromatic N) is 5. The van der Waals surface area contributed by atoms with Gasteiger partial charge >= 0.3 is 0 Å². The highest BCUT2D eigenvalue weighted by molar-refractivity contribution is 6.42. The predicted octanol–water partition coefficient (Wildman–Crippen LogP) is 4.21. The van der Waals surface area contributed by atoms with Crippen molar-refractivity contribution in [3.63, 3.8) is 0 Å². The average molecular weight is 609 g/mol. The highest BCUT2D eigenvalue weighted by Crippen LogP contribution is 2.27. The van der Waals surface area contributed by atoms with Gasteiger partial charge in [-0.05, 0) is 56.1 Å². The first-order valence-electron chi connectivity index (χ1n) is 13.6. The summed E-state index contributed by atoms with van der Waals surface area (Å²) in [6, 6.07) is 19.9. The Kier molecular flexibility index (Phi) is 11.1. The summed E-state index contributed by atoms with van der Waals surface area (Å²) >= 11 is 12.5. The van der Waals surface area contributed by atoms with Gasteiger partial charge in [-0.25, -0.2) is 4.68 Å². The number of carbonyl (C=O) groups is 2. The Hall–Kier alpha value is -3.76. The van der Waals surface area contributed by atoms with Crippen molar-refractivity contribution in [2.75, 3.05) is 33.7 Å². The topological polar surface area (TPSA) is 109 Å². The normalized spacial score (nSPS) is 12.0. The summed E-state index contributed by atoms with van der Waals surface area (Å²) in [5.41, 5.74) is 9.86. The van der Waals surface area contributed by atoms with Gasteiger partial charge in [0.25, 0.3) is 0 Å². The van der Waals surface area contributed by atoms with Crippen LogP contribution in [0.1, 0.15) is 17.7 Å². The molecule has 0 aliphatic carbocycles. The Labute approximate surface area is 256 Å². The summed E-state index contributed by atoms with van der Waals surface area (Å²) in [4.78, 5) is 33.6. The van der Waals surface area contributed by atoms with E-state index in [1.807, 2.05) is 73.4 Å². The molecule has 2 amide bonds. The lowest BCUT2D eigenvalue weighted by Gasteiger charge is -2.25. The fraction of sp³-hybridized carbons (Fsp3) is 0.290. The Morgan fingerprint density at radius 2 is 1.76 bits per heavy atom. The number of aromatic nitrogens is 3. The van der Waals surface area contributed by atoms with Crippen LogP contribution >= 0.6 is 23.2 Å². The molecule has 2 aromatic carbocycles. The first kappa shape index (κ1) is 31.2. The summed E-state index contributed by atoms with van der Waals surface area (Å²) in [5.74, 6) is -0.802. The number of hydrogen-bond donors (Lipinski definition) is 2. The highest BCUT2D eigenvalue weighted by atomic mass is 35.5. The zero-order valence-corrected chi connectivity index (χ0v) is 25.2. The molecule has 0 saturated heterocycles. The van der Waals surface area contributed by atoms with E-state index in [2.05, 4.69) is 20.1 Å². The minimum atomic E-state index is -0.784. The first-order valence-corrected chi connectivity index (χ1v) is 14.4. The lowest BCUT2D eigenvalue weighted by Crippen LogP contribution is -2.46. The van der Waals surface area contributed by atoms with Crippen LogP contribution in [0.3, 0.4) is 0 Å². The summed E-state index contributed by atoms with van der Waals surface area (Å²) in [6.45, 7) is 2.47. The number of nitrogens with one attached hydrogen (secondary N) is 1. The number of likely N-dealkylation sites (N-methyl/N-ethyl adjacent to an activating group) is 1. The van der Waals surface area contributed by atoms with Crippen molar-refractivity contribution in [2.24, 2.45) is 5.73 Å². The maximum absolute atomic E-state index is 13.0. The Bertz CT molecular complexity index is 1480. The molecule has 4 aromatic rings. The third kappa shape index (κ3) is 8.87. The Morgan fingerprint density at radius 1 is 0.976 bits per heavy atom. The van der Waals surface area contributed by atoms with Gasteiger partial charge in [0.2, 0.25) is 11.8 Å². The molecule has 4 rings (SSSR count). The number of nitrogens with two attached hydrogens (primary N) is 1. The summed E-state index contributed by atoms with van der Waals surface area (Å²) in [7, 11) is 4.01. The maximum Gasteiger partial charge on any atom is 0.240 e. The van der Waals surface area contributed by atoms with Gasteiger partial charge in [-0.1, -0.05) is 53.5 Å². The van der Waals surface area contributed by atoms with E-state index in [0.717, 1.165) is 34.7 Å². The van der Waals surface area contributed by atoms with Crippen LogP contribution in [-0.2, 0) is 22.6 Å². The van der Waals surface area contributed by atoms with Crippen LogP contribution in [0.2, 0.25) is 10.0 Å². The third-order valence-corrected chi connectivity index (χ3v) is 7.49. The molecule has 0 fully saturated rings. The van der Waals surface area contributed by atoms with E-state index in [0.29, 0.717) is 36.1 Å². The maximum atomic E-state index is 13.0. The molecule has 0 bridgehead atoms. The van der Waals surface area contributed by atoms with E-state index in [1.54, 1.807) is 24.5 Å². The van der Waals surface area contributed by atoms with Crippen molar-refractivity contribution in [3.8, 4) is 16.9 Å². The van der Waals surface area contributed by atoms with Gasteiger partial charge in [0, 0.05) is 57.0 Å². The number of pyridine rings is 1. The van der Waals surface area contributed by atoms with Gasteiger partial charge in [0.15, 0.2) is 0 Å². The van der Waals surface area contributed by atoms with E-state index >= 15 is 0 Å². The molecule has 1 unspecified atom stereocenters. The fourth-order valence-corrected chi connectivity index (χ4v) is 4.76. The minimum absolute atomic E-state index is 0.197. The highest BCUT2D eigenvalue weighted by Gasteiger charge is 2.21. The zero-order valence-electron chi connectivity index (χ0n) is 23.7. The molecule has 9 nitrogen and oxygen atoms in total. The van der Waals surface area contributed by atoms with E-state index in [9.17, 15) is 9.59 Å². The largest absolute Gasteiger partial charge is 0.368 e. The number of halogens is 2. The average Bonchev–Trinajstić information content (AvgIpc) is 3.40. The van der Waals surface area contributed by atoms with E-state index in [-0.39, 0.29) is 12.3 Å². The molecule has 1 atom stereocenters. The predicted molar refractivity (Wildman–Crippen MR) is 167 cm³/mol. The summed E-state index contributed by atoms with van der Waals surface area (Å²) in [5, 5.41) is 8.58. The van der Waals surface area contributed by atoms with Crippen LogP contribution in [-0.4, -0.2) is 76.2 Å². The van der Waals surface area contributed by atoms with Crippen LogP contribution in [0.25, 0.3) is 16.9 Å². The molecule has 0 spiro atoms. The SMILES string of the molecule is CN(C)CCN(CCC(=O)NC(Cc1ccccc1)C(N)=O)Cc1cc(-c2cccnc2)nn1-c1ccc(Cl)c(Cl)c1. The van der Waals surface area contributed by atoms with E-state index in [4.69, 9.17) is 34.0 Å². The van der Waals surface area contributed by atoms with Gasteiger partial charge in [-0.3, -0.25) is 19.5 Å². The van der Waals surface area contributed by atoms with Gasteiger partial charge < -0.3 is 16.0 Å². The van der Waals surface area contributed by atoms with Crippen molar-refractivity contribution in [2.45, 2.75) is 25.4 Å². The second-order valence-electron chi connectivity index (χ2n) is 10.3. The van der Waals surface area contributed by atoms with E-state index in [1.165, 1.54) is 0 Å². The van der Waals surface area contributed by atoms with Crippen molar-refractivity contribution in [3.05, 3.63) is 100 Å². The minimum Gasteiger partial charge on any atom is -0.368 e. The van der Waals surface area contributed by atoms with Crippen molar-refractivity contribution >= 4 is 35.0 Å². The van der Waals surface area contributed by atoms with Crippen molar-refractivity contribution < 1.29 is 9.59 Å². The standard InChI is InChI=1S/C31H35Cl2N7O2/c1-38(2)15-16-39(14-12-30(41)36-29(31(34)42)17-22-7-4-3-5-8-22)21-25-19-28(23-9-6-13-35-20-23)37-40(25)24-10-11-26(32)27(33)18-24/h3-11,13,18-20,29H,12,14-17,21H2,1-2H3,(H2,34,42)(H,36,41). The number of primary amides is 1. The molecule has 3 N–H and O–H groups in total. The van der Waals surface area contributed by atoms with E-state index < -0.39 is 11.9 Å². The second kappa shape index (κ2) is 14.9. The number of benzene rings is 2. The summed E-state index contributed by atoms with van der Waals surface area (Å²) < 4.78 is 1.84. The molecule has 11 heteroatoms. The van der Waals surface area contributed by atoms with Gasteiger partial charge in [0.1, 0.15) is 6.04 Å². The fourth-order valence-electron chi connectivity index (χ4n) is 4.47. The zero-order chi connectivity index (χ0) is 30.1. The number of carbonyl (C=O) groups excluding carboxylic acids is 2. The van der Waals surface area contributed by atoms with Crippen LogP contribution in [0.4, 0.5) is 0 Å². The third-order valence-electron chi connectivity index (χ3n) is 6.75. The molecular weight excluding hydrogens is 573 g/mol. The molecule has 2 heterocycles. The van der Waals surface area contributed by atoms with Gasteiger partial charge in [-0.15, -0.1) is 0 Å². The lowest BCUT2D eigenvalue weighted by atomic mass is 10.1. The Morgan fingerprint density at radius 3 is 2.43 bits per heavy atom. The molecule has 0 aliphatic rings. The molecule has 42 heavy (non-hydrogen) atoms. The summed E-state index contributed by atoms with van der Waals surface area (Å²) in [6.07, 6.45) is 4.02. The second-order valence-corrected chi connectivity index (χ2v) is 11.1. The first-order chi connectivity index (χ1) is 20.2. The van der Waals surface area contributed by atoms with Crippen molar-refractivity contribution in [1.82, 2.24) is 29.9 Å². The quantitative estimate of drug-likeness (QED) is 0.222. The van der Waals surface area contributed by atoms with Crippen LogP contribution in [0.15, 0.2) is 79.1 Å². The van der Waals surface area contributed by atoms with Crippen molar-refractivity contribution in [1.29, 1.82) is 0 Å². The molecule has 0 aliphatic heterocycles. The molecule has 2 aromatic heterocycles. The monoisotopic (exact) mass is 607 g/mol. The van der Waals surface area contributed by atoms with Gasteiger partial charge in [0.05, 0.1) is 27.1 Å². The molecule has 0 saturated carbocycles.